The lowest BCUT2D eigenvalue weighted by Gasteiger charge is -2.22. The van der Waals surface area contributed by atoms with Crippen LogP contribution in [-0.4, -0.2) is 20.4 Å². The van der Waals surface area contributed by atoms with Crippen LogP contribution in [0.25, 0.3) is 0 Å². The van der Waals surface area contributed by atoms with Gasteiger partial charge in [-0.2, -0.15) is 0 Å². The second kappa shape index (κ2) is 8.20. The number of sulfonamides is 1. The summed E-state index contributed by atoms with van der Waals surface area (Å²) >= 11 is 5.90. The minimum atomic E-state index is -3.57. The molecule has 0 unspecified atom stereocenters. The summed E-state index contributed by atoms with van der Waals surface area (Å²) < 4.78 is 27.7. The number of halogens is 1. The Morgan fingerprint density at radius 2 is 1.69 bits per heavy atom. The zero-order valence-corrected chi connectivity index (χ0v) is 15.8. The van der Waals surface area contributed by atoms with Gasteiger partial charge in [-0.1, -0.05) is 36.9 Å². The fraction of sp³-hybridized carbons (Fsp3) is 0.316. The van der Waals surface area contributed by atoms with Crippen molar-refractivity contribution in [2.75, 3.05) is 5.32 Å². The minimum absolute atomic E-state index is 0.000413. The topological polar surface area (TPSA) is 75.3 Å². The molecule has 0 radical (unpaired) electrons. The molecule has 1 fully saturated rings. The van der Waals surface area contributed by atoms with E-state index in [1.54, 1.807) is 24.3 Å². The molecule has 0 atom stereocenters. The molecule has 2 aromatic carbocycles. The van der Waals surface area contributed by atoms with Crippen LogP contribution in [0.15, 0.2) is 53.4 Å². The second-order valence-electron chi connectivity index (χ2n) is 6.45. The van der Waals surface area contributed by atoms with Gasteiger partial charge in [0.05, 0.1) is 4.90 Å². The lowest BCUT2D eigenvalue weighted by molar-refractivity contribution is 0.102. The smallest absolute Gasteiger partial charge is 0.255 e. The Morgan fingerprint density at radius 3 is 2.35 bits per heavy atom. The number of anilines is 1. The van der Waals surface area contributed by atoms with Crippen LogP contribution in [0.5, 0.6) is 0 Å². The average molecular weight is 393 g/mol. The maximum atomic E-state index is 12.5. The summed E-state index contributed by atoms with van der Waals surface area (Å²) in [5, 5.41) is 3.26. The molecule has 1 saturated carbocycles. The van der Waals surface area contributed by atoms with E-state index in [1.807, 2.05) is 0 Å². The Hall–Kier alpha value is -1.89. The van der Waals surface area contributed by atoms with Crippen LogP contribution in [-0.2, 0) is 10.0 Å². The predicted octanol–water partition coefficient (Wildman–Crippen LogP) is 4.20. The first-order chi connectivity index (χ1) is 12.4. The molecular weight excluding hydrogens is 372 g/mol. The van der Waals surface area contributed by atoms with Crippen LogP contribution < -0.4 is 10.0 Å². The standard InChI is InChI=1S/C19H21ClN2O3S/c20-15-5-4-8-17(13-15)21-19(23)14-9-11-18(12-10-14)26(24,25)22-16-6-2-1-3-7-16/h4-5,8-13,16,22H,1-3,6-7H2,(H,21,23). The normalized spacial score (nSPS) is 15.6. The van der Waals surface area contributed by atoms with Crippen molar-refractivity contribution < 1.29 is 13.2 Å². The zero-order valence-electron chi connectivity index (χ0n) is 14.2. The van der Waals surface area contributed by atoms with Crippen molar-refractivity contribution in [1.29, 1.82) is 0 Å². The second-order valence-corrected chi connectivity index (χ2v) is 8.60. The summed E-state index contributed by atoms with van der Waals surface area (Å²) in [4.78, 5) is 12.5. The third-order valence-corrected chi connectivity index (χ3v) is 6.21. The summed E-state index contributed by atoms with van der Waals surface area (Å²) in [5.41, 5.74) is 0.958. The molecule has 138 valence electrons. The number of hydrogen-bond donors (Lipinski definition) is 2. The number of rotatable bonds is 5. The first-order valence-electron chi connectivity index (χ1n) is 8.63. The molecule has 2 N–H and O–H groups in total. The molecule has 2 aromatic rings. The van der Waals surface area contributed by atoms with Gasteiger partial charge in [0.1, 0.15) is 0 Å². The van der Waals surface area contributed by atoms with Crippen LogP contribution in [0, 0.1) is 0 Å². The summed E-state index contributed by atoms with van der Waals surface area (Å²) in [5.74, 6) is -0.323. The Morgan fingerprint density at radius 1 is 1.00 bits per heavy atom. The summed E-state index contributed by atoms with van der Waals surface area (Å²) in [6.45, 7) is 0. The monoisotopic (exact) mass is 392 g/mol. The lowest BCUT2D eigenvalue weighted by Crippen LogP contribution is -2.36. The molecule has 26 heavy (non-hydrogen) atoms. The van der Waals surface area contributed by atoms with E-state index < -0.39 is 10.0 Å². The first-order valence-corrected chi connectivity index (χ1v) is 10.5. The Labute approximate surface area is 158 Å². The number of hydrogen-bond acceptors (Lipinski definition) is 3. The Balaban J connectivity index is 1.68. The van der Waals surface area contributed by atoms with Gasteiger partial charge in [-0.3, -0.25) is 4.79 Å². The van der Waals surface area contributed by atoms with E-state index in [0.717, 1.165) is 32.1 Å². The van der Waals surface area contributed by atoms with E-state index in [2.05, 4.69) is 10.0 Å². The molecule has 1 amide bonds. The molecule has 7 heteroatoms. The fourth-order valence-corrected chi connectivity index (χ4v) is 4.56. The van der Waals surface area contributed by atoms with Gasteiger partial charge in [0.2, 0.25) is 10.0 Å². The molecule has 3 rings (SSSR count). The quantitative estimate of drug-likeness (QED) is 0.800. The van der Waals surface area contributed by atoms with E-state index >= 15 is 0 Å². The van der Waals surface area contributed by atoms with Gasteiger partial charge >= 0.3 is 0 Å². The number of carbonyl (C=O) groups is 1. The summed E-state index contributed by atoms with van der Waals surface area (Å²) in [6.07, 6.45) is 5.01. The molecule has 0 aromatic heterocycles. The van der Waals surface area contributed by atoms with Gasteiger partial charge in [-0.15, -0.1) is 0 Å². The highest BCUT2D eigenvalue weighted by molar-refractivity contribution is 7.89. The average Bonchev–Trinajstić information content (AvgIpc) is 2.62. The third-order valence-electron chi connectivity index (χ3n) is 4.44. The van der Waals surface area contributed by atoms with E-state index in [4.69, 9.17) is 11.6 Å². The lowest BCUT2D eigenvalue weighted by atomic mass is 9.96. The van der Waals surface area contributed by atoms with Crippen LogP contribution in [0.2, 0.25) is 5.02 Å². The van der Waals surface area contributed by atoms with Crippen LogP contribution in [0.4, 0.5) is 5.69 Å². The molecule has 1 aliphatic rings. The molecule has 1 aliphatic carbocycles. The molecule has 0 spiro atoms. The summed E-state index contributed by atoms with van der Waals surface area (Å²) in [7, 11) is -3.57. The largest absolute Gasteiger partial charge is 0.322 e. The highest BCUT2D eigenvalue weighted by atomic mass is 35.5. The van der Waals surface area contributed by atoms with E-state index in [-0.39, 0.29) is 16.8 Å². The highest BCUT2D eigenvalue weighted by Crippen LogP contribution is 2.21. The van der Waals surface area contributed by atoms with Gasteiger partial charge in [0.25, 0.3) is 5.91 Å². The van der Waals surface area contributed by atoms with Crippen molar-refractivity contribution in [2.24, 2.45) is 0 Å². The van der Waals surface area contributed by atoms with Gasteiger partial charge < -0.3 is 5.32 Å². The van der Waals surface area contributed by atoms with Crippen LogP contribution >= 0.6 is 11.6 Å². The van der Waals surface area contributed by atoms with Crippen molar-refractivity contribution in [1.82, 2.24) is 4.72 Å². The van der Waals surface area contributed by atoms with Crippen LogP contribution in [0.3, 0.4) is 0 Å². The zero-order chi connectivity index (χ0) is 18.6. The van der Waals surface area contributed by atoms with Crippen molar-refractivity contribution in [3.63, 3.8) is 0 Å². The Kier molecular flexibility index (Phi) is 5.96. The maximum Gasteiger partial charge on any atom is 0.255 e. The van der Waals surface area contributed by atoms with E-state index in [0.29, 0.717) is 16.3 Å². The molecule has 0 saturated heterocycles. The molecule has 5 nitrogen and oxygen atoms in total. The molecular formula is C19H21ClN2O3S. The SMILES string of the molecule is O=C(Nc1cccc(Cl)c1)c1ccc(S(=O)(=O)NC2CCCCC2)cc1. The van der Waals surface area contributed by atoms with Gasteiger partial charge in [0, 0.05) is 22.3 Å². The van der Waals surface area contributed by atoms with Gasteiger partial charge in [-0.05, 0) is 55.3 Å². The van der Waals surface area contributed by atoms with Crippen molar-refractivity contribution in [2.45, 2.75) is 43.0 Å². The number of amides is 1. The number of carbonyl (C=O) groups excluding carboxylic acids is 1. The minimum Gasteiger partial charge on any atom is -0.322 e. The highest BCUT2D eigenvalue weighted by Gasteiger charge is 2.22. The third kappa shape index (κ3) is 4.84. The van der Waals surface area contributed by atoms with E-state index in [9.17, 15) is 13.2 Å². The predicted molar refractivity (Wildman–Crippen MR) is 103 cm³/mol. The van der Waals surface area contributed by atoms with Gasteiger partial charge in [0.15, 0.2) is 0 Å². The van der Waals surface area contributed by atoms with E-state index in [1.165, 1.54) is 24.3 Å². The van der Waals surface area contributed by atoms with Gasteiger partial charge in [-0.25, -0.2) is 13.1 Å². The number of nitrogens with one attached hydrogen (secondary N) is 2. The van der Waals surface area contributed by atoms with Crippen molar-refractivity contribution in [3.05, 3.63) is 59.1 Å². The maximum absolute atomic E-state index is 12.5. The molecule has 0 aliphatic heterocycles. The fourth-order valence-electron chi connectivity index (χ4n) is 3.06. The number of benzene rings is 2. The van der Waals surface area contributed by atoms with Crippen molar-refractivity contribution in [3.8, 4) is 0 Å². The van der Waals surface area contributed by atoms with Crippen molar-refractivity contribution >= 4 is 33.2 Å². The summed E-state index contributed by atoms with van der Waals surface area (Å²) in [6, 6.07) is 12.8. The first kappa shape index (κ1) is 18.9. The van der Waals surface area contributed by atoms with Crippen LogP contribution in [0.1, 0.15) is 42.5 Å². The molecule has 0 heterocycles. The molecule has 0 bridgehead atoms. The Bertz CT molecular complexity index is 876.